The van der Waals surface area contributed by atoms with Crippen LogP contribution >= 0.6 is 11.6 Å². The molecule has 0 saturated carbocycles. The lowest BCUT2D eigenvalue weighted by atomic mass is 10.2. The molecule has 1 aromatic carbocycles. The molecule has 0 unspecified atom stereocenters. The van der Waals surface area contributed by atoms with Crippen LogP contribution in [0.1, 0.15) is 40.2 Å². The number of benzene rings is 1. The second-order valence-electron chi connectivity index (χ2n) is 2.76. The molecule has 0 amide bonds. The van der Waals surface area contributed by atoms with E-state index in [0.717, 1.165) is 17.3 Å². The third-order valence-corrected chi connectivity index (χ3v) is 1.76. The maximum atomic E-state index is 5.74. The molecule has 0 spiro atoms. The van der Waals surface area contributed by atoms with Crippen LogP contribution in [0.25, 0.3) is 0 Å². The Morgan fingerprint density at radius 1 is 1.12 bits per heavy atom. The van der Waals surface area contributed by atoms with Crippen molar-refractivity contribution in [2.45, 2.75) is 41.2 Å². The van der Waals surface area contributed by atoms with Crippen LogP contribution in [0.5, 0.6) is 0 Å². The van der Waals surface area contributed by atoms with E-state index in [9.17, 15) is 0 Å². The van der Waals surface area contributed by atoms with Gasteiger partial charge < -0.3 is 5.32 Å². The van der Waals surface area contributed by atoms with Crippen molar-refractivity contribution in [3.05, 3.63) is 47.1 Å². The molecule has 1 aromatic rings. The van der Waals surface area contributed by atoms with Gasteiger partial charge in [-0.1, -0.05) is 58.0 Å². The summed E-state index contributed by atoms with van der Waals surface area (Å²) in [6.07, 6.45) is 0. The average Bonchev–Trinajstić information content (AvgIpc) is 2.33. The molecule has 0 aliphatic heterocycles. The lowest BCUT2D eigenvalue weighted by molar-refractivity contribution is 0.816. The van der Waals surface area contributed by atoms with E-state index in [0.29, 0.717) is 0 Å². The van der Waals surface area contributed by atoms with Gasteiger partial charge in [-0.25, -0.2) is 0 Å². The van der Waals surface area contributed by atoms with Crippen molar-refractivity contribution in [3.63, 3.8) is 0 Å². The van der Waals surface area contributed by atoms with Crippen LogP contribution in [-0.4, -0.2) is 0 Å². The Morgan fingerprint density at radius 2 is 1.56 bits per heavy atom. The van der Waals surface area contributed by atoms with Gasteiger partial charge in [-0.3, -0.25) is 0 Å². The van der Waals surface area contributed by atoms with Gasteiger partial charge in [0.25, 0.3) is 0 Å². The fourth-order valence-electron chi connectivity index (χ4n) is 0.855. The summed E-state index contributed by atoms with van der Waals surface area (Å²) in [7, 11) is 0. The standard InChI is InChI=1S/C10H12ClN.2C2H6/c1-8(2)12-7-9-3-5-10(11)6-4-9;2*1-2/h3-6,12H,1,7H2,2H3;2*1-2H3. The first-order chi connectivity index (χ1) is 7.68. The molecule has 0 aromatic heterocycles. The molecule has 92 valence electrons. The third kappa shape index (κ3) is 9.60. The molecule has 0 saturated heterocycles. The van der Waals surface area contributed by atoms with E-state index in [4.69, 9.17) is 11.6 Å². The summed E-state index contributed by atoms with van der Waals surface area (Å²) in [5.74, 6) is 0. The molecule has 0 atom stereocenters. The van der Waals surface area contributed by atoms with Crippen LogP contribution in [0.3, 0.4) is 0 Å². The molecule has 1 N–H and O–H groups in total. The van der Waals surface area contributed by atoms with E-state index in [-0.39, 0.29) is 0 Å². The molecule has 0 aliphatic rings. The summed E-state index contributed by atoms with van der Waals surface area (Å²) >= 11 is 5.74. The maximum absolute atomic E-state index is 5.74. The summed E-state index contributed by atoms with van der Waals surface area (Å²) in [5.41, 5.74) is 2.19. The highest BCUT2D eigenvalue weighted by Gasteiger charge is 1.91. The number of nitrogens with one attached hydrogen (secondary N) is 1. The zero-order valence-electron chi connectivity index (χ0n) is 11.1. The molecule has 1 rings (SSSR count). The van der Waals surface area contributed by atoms with E-state index in [1.165, 1.54) is 5.56 Å². The predicted molar refractivity (Wildman–Crippen MR) is 75.8 cm³/mol. The lowest BCUT2D eigenvalue weighted by Crippen LogP contribution is -2.08. The van der Waals surface area contributed by atoms with E-state index in [2.05, 4.69) is 11.9 Å². The minimum Gasteiger partial charge on any atom is -0.385 e. The van der Waals surface area contributed by atoms with Crippen LogP contribution in [0.2, 0.25) is 5.02 Å². The molecule has 0 aliphatic carbocycles. The largest absolute Gasteiger partial charge is 0.385 e. The Kier molecular flexibility index (Phi) is 13.2. The van der Waals surface area contributed by atoms with Gasteiger partial charge in [-0.05, 0) is 24.6 Å². The van der Waals surface area contributed by atoms with Gasteiger partial charge >= 0.3 is 0 Å². The summed E-state index contributed by atoms with van der Waals surface area (Å²) in [5, 5.41) is 3.92. The summed E-state index contributed by atoms with van der Waals surface area (Å²) in [4.78, 5) is 0. The molecule has 0 radical (unpaired) electrons. The van der Waals surface area contributed by atoms with Gasteiger partial charge in [-0.15, -0.1) is 0 Å². The van der Waals surface area contributed by atoms with Crippen molar-refractivity contribution in [2.24, 2.45) is 0 Å². The molecule has 0 fully saturated rings. The Hall–Kier alpha value is -0.950. The Bertz CT molecular complexity index is 265. The van der Waals surface area contributed by atoms with Crippen LogP contribution in [0.15, 0.2) is 36.5 Å². The Balaban J connectivity index is 0. The highest BCUT2D eigenvalue weighted by atomic mass is 35.5. The summed E-state index contributed by atoms with van der Waals surface area (Å²) < 4.78 is 0. The van der Waals surface area contributed by atoms with E-state index in [1.807, 2.05) is 58.9 Å². The van der Waals surface area contributed by atoms with Crippen molar-refractivity contribution in [1.82, 2.24) is 5.32 Å². The molecule has 16 heavy (non-hydrogen) atoms. The summed E-state index contributed by atoms with van der Waals surface area (Å²) in [6.45, 7) is 14.5. The Labute approximate surface area is 106 Å². The number of rotatable bonds is 3. The van der Waals surface area contributed by atoms with E-state index in [1.54, 1.807) is 0 Å². The summed E-state index contributed by atoms with van der Waals surface area (Å²) in [6, 6.07) is 7.77. The van der Waals surface area contributed by atoms with Gasteiger partial charge in [0.05, 0.1) is 0 Å². The minimum absolute atomic E-state index is 0.772. The lowest BCUT2D eigenvalue weighted by Gasteiger charge is -2.04. The Morgan fingerprint density at radius 3 is 1.94 bits per heavy atom. The maximum Gasteiger partial charge on any atom is 0.0406 e. The van der Waals surface area contributed by atoms with Crippen LogP contribution in [0.4, 0.5) is 0 Å². The fourth-order valence-corrected chi connectivity index (χ4v) is 0.981. The third-order valence-electron chi connectivity index (χ3n) is 1.51. The second kappa shape index (κ2) is 12.1. The first-order valence-electron chi connectivity index (χ1n) is 5.82. The molecule has 0 heterocycles. The topological polar surface area (TPSA) is 12.0 Å². The first kappa shape index (κ1) is 17.4. The van der Waals surface area contributed by atoms with E-state index < -0.39 is 0 Å². The fraction of sp³-hybridized carbons (Fsp3) is 0.429. The van der Waals surface area contributed by atoms with E-state index >= 15 is 0 Å². The van der Waals surface area contributed by atoms with Gasteiger partial charge in [-0.2, -0.15) is 0 Å². The quantitative estimate of drug-likeness (QED) is 0.784. The number of hydrogen-bond acceptors (Lipinski definition) is 1. The van der Waals surface area contributed by atoms with Crippen LogP contribution in [0, 0.1) is 0 Å². The van der Waals surface area contributed by atoms with Crippen LogP contribution < -0.4 is 5.32 Å². The molecular weight excluding hydrogens is 218 g/mol. The SMILES string of the molecule is C=C(C)NCc1ccc(Cl)cc1.CC.CC. The van der Waals surface area contributed by atoms with Crippen molar-refractivity contribution < 1.29 is 0 Å². The van der Waals surface area contributed by atoms with Crippen molar-refractivity contribution >= 4 is 11.6 Å². The van der Waals surface area contributed by atoms with Crippen molar-refractivity contribution in [2.75, 3.05) is 0 Å². The van der Waals surface area contributed by atoms with Crippen LogP contribution in [-0.2, 0) is 6.54 Å². The molecule has 1 nitrogen and oxygen atoms in total. The monoisotopic (exact) mass is 241 g/mol. The average molecular weight is 242 g/mol. The zero-order valence-corrected chi connectivity index (χ0v) is 11.9. The number of hydrogen-bond donors (Lipinski definition) is 1. The normalized spacial score (nSPS) is 7.88. The van der Waals surface area contributed by atoms with Crippen molar-refractivity contribution in [3.8, 4) is 0 Å². The smallest absolute Gasteiger partial charge is 0.0406 e. The predicted octanol–water partition coefficient (Wildman–Crippen LogP) is 5.02. The second-order valence-corrected chi connectivity index (χ2v) is 3.20. The molecule has 2 heteroatoms. The zero-order chi connectivity index (χ0) is 13.0. The van der Waals surface area contributed by atoms with Gasteiger partial charge in [0, 0.05) is 17.3 Å². The minimum atomic E-state index is 0.772. The molecule has 0 bridgehead atoms. The number of allylic oxidation sites excluding steroid dienone is 1. The highest BCUT2D eigenvalue weighted by molar-refractivity contribution is 6.30. The van der Waals surface area contributed by atoms with Gasteiger partial charge in [0.15, 0.2) is 0 Å². The number of halogens is 1. The first-order valence-corrected chi connectivity index (χ1v) is 6.20. The van der Waals surface area contributed by atoms with Crippen molar-refractivity contribution in [1.29, 1.82) is 0 Å². The van der Waals surface area contributed by atoms with Gasteiger partial charge in [0.2, 0.25) is 0 Å². The molecular formula is C14H24ClN. The van der Waals surface area contributed by atoms with Gasteiger partial charge in [0.1, 0.15) is 0 Å². The highest BCUT2D eigenvalue weighted by Crippen LogP contribution is 2.09.